The Labute approximate surface area is 155 Å². The number of hydrogen-bond acceptors (Lipinski definition) is 3. The molecule has 5 heteroatoms. The van der Waals surface area contributed by atoms with Gasteiger partial charge in [0.05, 0.1) is 11.4 Å². The monoisotopic (exact) mass is 359 g/mol. The molecule has 2 heterocycles. The first kappa shape index (κ1) is 16.3. The minimum absolute atomic E-state index is 0.0616. The van der Waals surface area contributed by atoms with Crippen molar-refractivity contribution in [3.63, 3.8) is 0 Å². The maximum atomic E-state index is 12.3. The van der Waals surface area contributed by atoms with Crippen LogP contribution >= 0.6 is 11.3 Å². The number of nitrogens with one attached hydrogen (secondary N) is 1. The number of carbonyl (C=O) groups is 1. The molecule has 0 fully saturated rings. The largest absolute Gasteiger partial charge is 0.336 e. The van der Waals surface area contributed by atoms with Crippen LogP contribution < -0.4 is 5.32 Å². The summed E-state index contributed by atoms with van der Waals surface area (Å²) < 4.78 is 1.92. The fourth-order valence-electron chi connectivity index (χ4n) is 2.76. The van der Waals surface area contributed by atoms with Gasteiger partial charge in [0.15, 0.2) is 0 Å². The molecule has 0 spiro atoms. The molecule has 2 aromatic heterocycles. The van der Waals surface area contributed by atoms with E-state index in [4.69, 9.17) is 4.98 Å². The smallest absolute Gasteiger partial charge is 0.244 e. The average molecular weight is 359 g/mol. The number of para-hydroxylation sites is 1. The zero-order valence-corrected chi connectivity index (χ0v) is 14.8. The second kappa shape index (κ2) is 7.37. The summed E-state index contributed by atoms with van der Waals surface area (Å²) in [6.45, 7) is 0.247. The van der Waals surface area contributed by atoms with E-state index in [1.54, 1.807) is 11.3 Å². The maximum Gasteiger partial charge on any atom is 0.244 e. The molecule has 0 aliphatic heterocycles. The standard InChI is InChI=1S/C21H17N3OS/c25-20(22-17-10-5-2-6-11-17)14-24-13-7-12-19(24)21-23-18(15-26-21)16-8-3-1-4-9-16/h1-13,15H,14H2,(H,22,25). The van der Waals surface area contributed by atoms with Gasteiger partial charge in [-0.3, -0.25) is 4.79 Å². The number of rotatable bonds is 5. The lowest BCUT2D eigenvalue weighted by molar-refractivity contribution is -0.116. The molecule has 0 bridgehead atoms. The highest BCUT2D eigenvalue weighted by Gasteiger charge is 2.12. The van der Waals surface area contributed by atoms with Crippen LogP contribution in [0.3, 0.4) is 0 Å². The van der Waals surface area contributed by atoms with Gasteiger partial charge in [0.2, 0.25) is 5.91 Å². The first-order valence-corrected chi connectivity index (χ1v) is 9.19. The number of nitrogens with zero attached hydrogens (tertiary/aromatic N) is 2. The molecule has 0 saturated carbocycles. The minimum atomic E-state index is -0.0616. The topological polar surface area (TPSA) is 46.9 Å². The summed E-state index contributed by atoms with van der Waals surface area (Å²) >= 11 is 1.58. The quantitative estimate of drug-likeness (QED) is 0.550. The molecule has 0 aliphatic carbocycles. The molecule has 0 atom stereocenters. The van der Waals surface area contributed by atoms with Gasteiger partial charge in [0.25, 0.3) is 0 Å². The van der Waals surface area contributed by atoms with E-state index < -0.39 is 0 Å². The van der Waals surface area contributed by atoms with Crippen LogP contribution in [0.1, 0.15) is 0 Å². The Bertz CT molecular complexity index is 1010. The number of carbonyl (C=O) groups excluding carboxylic acids is 1. The zero-order valence-electron chi connectivity index (χ0n) is 14.0. The lowest BCUT2D eigenvalue weighted by Gasteiger charge is -2.08. The van der Waals surface area contributed by atoms with Crippen LogP contribution in [0.25, 0.3) is 22.0 Å². The molecule has 26 heavy (non-hydrogen) atoms. The molecule has 0 unspecified atom stereocenters. The molecule has 4 aromatic rings. The van der Waals surface area contributed by atoms with E-state index in [0.29, 0.717) is 0 Å². The van der Waals surface area contributed by atoms with Crippen LogP contribution in [-0.2, 0) is 11.3 Å². The van der Waals surface area contributed by atoms with Crippen molar-refractivity contribution in [3.8, 4) is 22.0 Å². The van der Waals surface area contributed by atoms with Crippen molar-refractivity contribution in [3.05, 3.63) is 84.4 Å². The Morgan fingerprint density at radius 3 is 2.46 bits per heavy atom. The Morgan fingerprint density at radius 1 is 0.962 bits per heavy atom. The van der Waals surface area contributed by atoms with Crippen molar-refractivity contribution in [2.75, 3.05) is 5.32 Å². The molecular formula is C21H17N3OS. The van der Waals surface area contributed by atoms with Crippen molar-refractivity contribution >= 4 is 22.9 Å². The molecule has 0 aliphatic rings. The van der Waals surface area contributed by atoms with Crippen molar-refractivity contribution in [2.24, 2.45) is 0 Å². The lowest BCUT2D eigenvalue weighted by Crippen LogP contribution is -2.18. The van der Waals surface area contributed by atoms with Crippen LogP contribution in [0.4, 0.5) is 5.69 Å². The number of benzene rings is 2. The van der Waals surface area contributed by atoms with Gasteiger partial charge in [-0.25, -0.2) is 4.98 Å². The second-order valence-corrected chi connectivity index (χ2v) is 6.70. The predicted octanol–water partition coefficient (Wildman–Crippen LogP) is 4.92. The fraction of sp³-hybridized carbons (Fsp3) is 0.0476. The third kappa shape index (κ3) is 3.58. The predicted molar refractivity (Wildman–Crippen MR) is 106 cm³/mol. The normalized spacial score (nSPS) is 10.6. The van der Waals surface area contributed by atoms with Crippen LogP contribution in [0.15, 0.2) is 84.4 Å². The SMILES string of the molecule is O=C(Cn1cccc1-c1nc(-c2ccccc2)cs1)Nc1ccccc1. The third-order valence-corrected chi connectivity index (χ3v) is 4.86. The van der Waals surface area contributed by atoms with E-state index in [-0.39, 0.29) is 12.5 Å². The number of anilines is 1. The molecular weight excluding hydrogens is 342 g/mol. The fourth-order valence-corrected chi connectivity index (χ4v) is 3.62. The van der Waals surface area contributed by atoms with Crippen molar-refractivity contribution in [2.45, 2.75) is 6.54 Å². The Kier molecular flexibility index (Phi) is 4.62. The lowest BCUT2D eigenvalue weighted by atomic mass is 10.2. The van der Waals surface area contributed by atoms with Crippen LogP contribution in [-0.4, -0.2) is 15.5 Å². The van der Waals surface area contributed by atoms with Gasteiger partial charge in [-0.2, -0.15) is 0 Å². The molecule has 1 amide bonds. The minimum Gasteiger partial charge on any atom is -0.336 e. The number of thiazole rings is 1. The van der Waals surface area contributed by atoms with Gasteiger partial charge in [-0.05, 0) is 24.3 Å². The Balaban J connectivity index is 1.52. The van der Waals surface area contributed by atoms with Gasteiger partial charge in [-0.15, -0.1) is 11.3 Å². The Hall–Kier alpha value is -3.18. The van der Waals surface area contributed by atoms with Crippen LogP contribution in [0, 0.1) is 0 Å². The molecule has 128 valence electrons. The first-order valence-electron chi connectivity index (χ1n) is 8.31. The van der Waals surface area contributed by atoms with Gasteiger partial charge in [0.1, 0.15) is 11.6 Å². The van der Waals surface area contributed by atoms with E-state index >= 15 is 0 Å². The summed E-state index contributed by atoms with van der Waals surface area (Å²) in [7, 11) is 0. The van der Waals surface area contributed by atoms with Crippen LogP contribution in [0.2, 0.25) is 0 Å². The average Bonchev–Trinajstić information content (AvgIpc) is 3.32. The highest BCUT2D eigenvalue weighted by molar-refractivity contribution is 7.13. The van der Waals surface area contributed by atoms with E-state index in [0.717, 1.165) is 27.6 Å². The molecule has 4 rings (SSSR count). The van der Waals surface area contributed by atoms with Gasteiger partial charge >= 0.3 is 0 Å². The summed E-state index contributed by atoms with van der Waals surface area (Å²) in [6, 6.07) is 23.5. The van der Waals surface area contributed by atoms with Crippen molar-refractivity contribution < 1.29 is 4.79 Å². The van der Waals surface area contributed by atoms with E-state index in [1.807, 2.05) is 88.9 Å². The Morgan fingerprint density at radius 2 is 1.69 bits per heavy atom. The van der Waals surface area contributed by atoms with Gasteiger partial charge in [-0.1, -0.05) is 48.5 Å². The molecule has 4 nitrogen and oxygen atoms in total. The van der Waals surface area contributed by atoms with Gasteiger partial charge < -0.3 is 9.88 Å². The zero-order chi connectivity index (χ0) is 17.8. The van der Waals surface area contributed by atoms with Crippen LogP contribution in [0.5, 0.6) is 0 Å². The number of hydrogen-bond donors (Lipinski definition) is 1. The van der Waals surface area contributed by atoms with E-state index in [2.05, 4.69) is 5.32 Å². The van der Waals surface area contributed by atoms with Crippen molar-refractivity contribution in [1.82, 2.24) is 9.55 Å². The summed E-state index contributed by atoms with van der Waals surface area (Å²) in [4.78, 5) is 17.1. The van der Waals surface area contributed by atoms with Crippen molar-refractivity contribution in [1.29, 1.82) is 0 Å². The summed E-state index contributed by atoms with van der Waals surface area (Å²) in [5.41, 5.74) is 3.79. The summed E-state index contributed by atoms with van der Waals surface area (Å²) in [6.07, 6.45) is 1.91. The highest BCUT2D eigenvalue weighted by Crippen LogP contribution is 2.29. The summed E-state index contributed by atoms with van der Waals surface area (Å²) in [5.74, 6) is -0.0616. The molecule has 1 N–H and O–H groups in total. The second-order valence-electron chi connectivity index (χ2n) is 5.84. The number of amides is 1. The third-order valence-electron chi connectivity index (χ3n) is 3.99. The number of aromatic nitrogens is 2. The first-order chi connectivity index (χ1) is 12.8. The van der Waals surface area contributed by atoms with E-state index in [9.17, 15) is 4.79 Å². The molecule has 0 radical (unpaired) electrons. The highest BCUT2D eigenvalue weighted by atomic mass is 32.1. The van der Waals surface area contributed by atoms with E-state index in [1.165, 1.54) is 0 Å². The maximum absolute atomic E-state index is 12.3. The molecule has 0 saturated heterocycles. The van der Waals surface area contributed by atoms with Gasteiger partial charge in [0, 0.05) is 22.8 Å². The summed E-state index contributed by atoms with van der Waals surface area (Å²) in [5, 5.41) is 5.86. The molecule has 2 aromatic carbocycles.